The first-order valence-electron chi connectivity index (χ1n) is 6.82. The van der Waals surface area contributed by atoms with Crippen molar-refractivity contribution in [3.63, 3.8) is 0 Å². The predicted octanol–water partition coefficient (Wildman–Crippen LogP) is 1.59. The number of amides is 1. The molecule has 1 atom stereocenters. The summed E-state index contributed by atoms with van der Waals surface area (Å²) in [6.07, 6.45) is -0.685. The van der Waals surface area contributed by atoms with Gasteiger partial charge in [-0.2, -0.15) is 0 Å². The van der Waals surface area contributed by atoms with Gasteiger partial charge in [-0.15, -0.1) is 0 Å². The molecule has 0 spiro atoms. The number of nitrogens with one attached hydrogen (secondary N) is 1. The fourth-order valence-corrected chi connectivity index (χ4v) is 1.91. The average Bonchev–Trinajstić information content (AvgIpc) is 2.82. The highest BCUT2D eigenvalue weighted by molar-refractivity contribution is 5.81. The fraction of sp³-hybridized carbons (Fsp3) is 0.533. The van der Waals surface area contributed by atoms with E-state index in [1.807, 2.05) is 20.8 Å². The number of hydrogen-bond acceptors (Lipinski definition) is 5. The van der Waals surface area contributed by atoms with Crippen molar-refractivity contribution in [2.24, 2.45) is 0 Å². The fourth-order valence-electron chi connectivity index (χ4n) is 1.91. The van der Waals surface area contributed by atoms with Crippen LogP contribution in [0.3, 0.4) is 0 Å². The summed E-state index contributed by atoms with van der Waals surface area (Å²) in [5.74, 6) is 1.31. The maximum atomic E-state index is 12.0. The van der Waals surface area contributed by atoms with Crippen LogP contribution >= 0.6 is 0 Å². The highest BCUT2D eigenvalue weighted by atomic mass is 16.7. The first-order valence-corrected chi connectivity index (χ1v) is 6.82. The van der Waals surface area contributed by atoms with Crippen LogP contribution in [0.25, 0.3) is 0 Å². The van der Waals surface area contributed by atoms with E-state index < -0.39 is 6.10 Å². The largest absolute Gasteiger partial charge is 0.480 e. The first-order chi connectivity index (χ1) is 9.80. The quantitative estimate of drug-likeness (QED) is 0.882. The lowest BCUT2D eigenvalue weighted by molar-refractivity contribution is -0.128. The summed E-state index contributed by atoms with van der Waals surface area (Å²) < 4.78 is 16.2. The van der Waals surface area contributed by atoms with Gasteiger partial charge < -0.3 is 24.6 Å². The Hall–Kier alpha value is -1.95. The Labute approximate surface area is 124 Å². The minimum Gasteiger partial charge on any atom is -0.480 e. The van der Waals surface area contributed by atoms with E-state index in [2.05, 4.69) is 5.32 Å². The Kier molecular flexibility index (Phi) is 4.27. The molecule has 0 saturated carbocycles. The number of aliphatic hydroxyl groups excluding tert-OH is 1. The molecule has 0 aromatic heterocycles. The molecule has 1 aliphatic heterocycles. The molecule has 2 rings (SSSR count). The van der Waals surface area contributed by atoms with E-state index in [1.54, 1.807) is 19.1 Å². The second-order valence-corrected chi connectivity index (χ2v) is 5.97. The van der Waals surface area contributed by atoms with Gasteiger partial charge >= 0.3 is 0 Å². The molecule has 2 N–H and O–H groups in total. The molecule has 1 aromatic rings. The van der Waals surface area contributed by atoms with E-state index >= 15 is 0 Å². The summed E-state index contributed by atoms with van der Waals surface area (Å²) in [5.41, 5.74) is 0.221. The van der Waals surface area contributed by atoms with E-state index in [9.17, 15) is 9.90 Å². The predicted molar refractivity (Wildman–Crippen MR) is 76.5 cm³/mol. The molecule has 0 fully saturated rings. The van der Waals surface area contributed by atoms with Gasteiger partial charge in [-0.1, -0.05) is 0 Å². The topological polar surface area (TPSA) is 77.0 Å². The monoisotopic (exact) mass is 295 g/mol. The van der Waals surface area contributed by atoms with Gasteiger partial charge in [0.15, 0.2) is 17.6 Å². The minimum absolute atomic E-state index is 0.143. The summed E-state index contributed by atoms with van der Waals surface area (Å²) >= 11 is 0. The molecular formula is C15H21NO5. The average molecular weight is 295 g/mol. The Morgan fingerprint density at radius 2 is 2.00 bits per heavy atom. The van der Waals surface area contributed by atoms with E-state index in [0.29, 0.717) is 22.8 Å². The van der Waals surface area contributed by atoms with Crippen LogP contribution in [0.5, 0.6) is 17.2 Å². The summed E-state index contributed by atoms with van der Waals surface area (Å²) in [6, 6.07) is 3.29. The molecule has 1 amide bonds. The standard InChI is InChI=1S/C15H21NO5/c1-9(14(18)16-15(2,3)4)21-11-6-13-12(19-8-20-13)5-10(11)7-17/h5-6,9,17H,7-8H2,1-4H3,(H,16,18). The molecule has 6 nitrogen and oxygen atoms in total. The van der Waals surface area contributed by atoms with Gasteiger partial charge in [0.05, 0.1) is 6.61 Å². The number of rotatable bonds is 4. The van der Waals surface area contributed by atoms with Crippen molar-refractivity contribution in [1.29, 1.82) is 0 Å². The van der Waals surface area contributed by atoms with Crippen LogP contribution in [0.4, 0.5) is 0 Å². The number of hydrogen-bond donors (Lipinski definition) is 2. The van der Waals surface area contributed by atoms with Gasteiger partial charge in [0.2, 0.25) is 6.79 Å². The van der Waals surface area contributed by atoms with Crippen LogP contribution in [-0.2, 0) is 11.4 Å². The molecule has 0 saturated heterocycles. The molecule has 1 unspecified atom stereocenters. The van der Waals surface area contributed by atoms with Gasteiger partial charge in [-0.3, -0.25) is 4.79 Å². The third-order valence-corrected chi connectivity index (χ3v) is 2.90. The molecular weight excluding hydrogens is 274 g/mol. The van der Waals surface area contributed by atoms with E-state index in [-0.39, 0.29) is 24.8 Å². The summed E-state index contributed by atoms with van der Waals surface area (Å²) in [7, 11) is 0. The SMILES string of the molecule is CC(Oc1cc2c(cc1CO)OCO2)C(=O)NC(C)(C)C. The van der Waals surface area contributed by atoms with Gasteiger partial charge in [-0.25, -0.2) is 0 Å². The molecule has 1 aliphatic rings. The van der Waals surface area contributed by atoms with Gasteiger partial charge in [0.25, 0.3) is 5.91 Å². The maximum absolute atomic E-state index is 12.0. The van der Waals surface area contributed by atoms with Crippen molar-refractivity contribution >= 4 is 5.91 Å². The summed E-state index contributed by atoms with van der Waals surface area (Å²) in [6.45, 7) is 7.29. The Morgan fingerprint density at radius 1 is 1.38 bits per heavy atom. The number of aliphatic hydroxyl groups is 1. The highest BCUT2D eigenvalue weighted by Crippen LogP contribution is 2.38. The molecule has 21 heavy (non-hydrogen) atoms. The molecule has 0 aliphatic carbocycles. The van der Waals surface area contributed by atoms with Crippen LogP contribution in [0.15, 0.2) is 12.1 Å². The Bertz CT molecular complexity index is 536. The van der Waals surface area contributed by atoms with Crippen LogP contribution in [0.2, 0.25) is 0 Å². The zero-order valence-corrected chi connectivity index (χ0v) is 12.7. The molecule has 1 aromatic carbocycles. The number of carbonyl (C=O) groups is 1. The van der Waals surface area contributed by atoms with Crippen LogP contribution in [0.1, 0.15) is 33.3 Å². The van der Waals surface area contributed by atoms with Crippen molar-refractivity contribution in [2.75, 3.05) is 6.79 Å². The van der Waals surface area contributed by atoms with Crippen molar-refractivity contribution in [3.05, 3.63) is 17.7 Å². The Balaban J connectivity index is 2.13. The normalized spacial score (nSPS) is 14.7. The third kappa shape index (κ3) is 3.78. The number of carbonyl (C=O) groups excluding carboxylic acids is 1. The van der Waals surface area contributed by atoms with E-state index in [0.717, 1.165) is 0 Å². The zero-order valence-electron chi connectivity index (χ0n) is 12.7. The molecule has 116 valence electrons. The van der Waals surface area contributed by atoms with Gasteiger partial charge in [0.1, 0.15) is 5.75 Å². The molecule has 0 bridgehead atoms. The van der Waals surface area contributed by atoms with E-state index in [4.69, 9.17) is 14.2 Å². The van der Waals surface area contributed by atoms with Crippen molar-refractivity contribution in [2.45, 2.75) is 45.9 Å². The van der Waals surface area contributed by atoms with Crippen LogP contribution in [0, 0.1) is 0 Å². The van der Waals surface area contributed by atoms with Gasteiger partial charge in [-0.05, 0) is 33.8 Å². The van der Waals surface area contributed by atoms with Crippen LogP contribution < -0.4 is 19.5 Å². The van der Waals surface area contributed by atoms with Crippen molar-refractivity contribution < 1.29 is 24.1 Å². The summed E-state index contributed by atoms with van der Waals surface area (Å²) in [4.78, 5) is 12.0. The first kappa shape index (κ1) is 15.4. The van der Waals surface area contributed by atoms with Crippen molar-refractivity contribution in [3.8, 4) is 17.2 Å². The lowest BCUT2D eigenvalue weighted by Gasteiger charge is -2.24. The van der Waals surface area contributed by atoms with Crippen molar-refractivity contribution in [1.82, 2.24) is 5.32 Å². The van der Waals surface area contributed by atoms with E-state index in [1.165, 1.54) is 0 Å². The lowest BCUT2D eigenvalue weighted by atomic mass is 10.1. The third-order valence-electron chi connectivity index (χ3n) is 2.90. The second kappa shape index (κ2) is 5.81. The van der Waals surface area contributed by atoms with Crippen LogP contribution in [-0.4, -0.2) is 29.4 Å². The number of ether oxygens (including phenoxy) is 3. The summed E-state index contributed by atoms with van der Waals surface area (Å²) in [5, 5.41) is 12.3. The number of benzene rings is 1. The number of fused-ring (bicyclic) bond motifs is 1. The second-order valence-electron chi connectivity index (χ2n) is 5.97. The minimum atomic E-state index is -0.685. The zero-order chi connectivity index (χ0) is 15.6. The highest BCUT2D eigenvalue weighted by Gasteiger charge is 2.23. The molecule has 1 heterocycles. The molecule has 6 heteroatoms. The maximum Gasteiger partial charge on any atom is 0.261 e. The lowest BCUT2D eigenvalue weighted by Crippen LogP contribution is -2.46. The smallest absolute Gasteiger partial charge is 0.261 e. The van der Waals surface area contributed by atoms with Gasteiger partial charge in [0, 0.05) is 17.2 Å². The Morgan fingerprint density at radius 3 is 2.57 bits per heavy atom. The molecule has 0 radical (unpaired) electrons.